The Morgan fingerprint density at radius 2 is 1.79 bits per heavy atom. The van der Waals surface area contributed by atoms with Crippen molar-refractivity contribution in [1.82, 2.24) is 24.6 Å². The van der Waals surface area contributed by atoms with E-state index in [1.807, 2.05) is 30.4 Å². The Bertz CT molecular complexity index is 1350. The van der Waals surface area contributed by atoms with Gasteiger partial charge in [-0.05, 0) is 89.4 Å². The number of Topliss-reactive ketones (excluding diaryl/α,β-unsaturated/α-hetero) is 1. The number of piperidine rings is 1. The van der Waals surface area contributed by atoms with Crippen molar-refractivity contribution in [2.24, 2.45) is 5.41 Å². The standard InChI is InChI=1S/C23H25Br2N5O3/c1-22(2,3)30-18-13(19(25)28-30)10-23(11-16(18)31)4-6-29(7-5-23)20(32)12-8-14(24)17-15(9-12)26-21(33)27-17/h8-9H,4-7,10-11H2,1-3H3,(H2,26,27,33). The number of hydrogen-bond donors (Lipinski definition) is 2. The van der Waals surface area contributed by atoms with Gasteiger partial charge in [-0.25, -0.2) is 4.79 Å². The van der Waals surface area contributed by atoms with E-state index in [0.717, 1.165) is 35.1 Å². The van der Waals surface area contributed by atoms with Gasteiger partial charge in [-0.15, -0.1) is 0 Å². The number of halogens is 2. The zero-order chi connectivity index (χ0) is 23.7. The molecule has 1 spiro atoms. The fourth-order valence-corrected chi connectivity index (χ4v) is 6.20. The number of hydrogen-bond acceptors (Lipinski definition) is 4. The molecule has 0 atom stereocenters. The molecule has 174 valence electrons. The Labute approximate surface area is 207 Å². The maximum Gasteiger partial charge on any atom is 0.323 e. The van der Waals surface area contributed by atoms with Gasteiger partial charge in [0.15, 0.2) is 5.78 Å². The summed E-state index contributed by atoms with van der Waals surface area (Å²) in [6.45, 7) is 7.32. The molecule has 2 aliphatic rings. The number of aromatic nitrogens is 4. The summed E-state index contributed by atoms with van der Waals surface area (Å²) in [5.74, 6) is 0.0639. The van der Waals surface area contributed by atoms with Gasteiger partial charge in [0.05, 0.1) is 16.6 Å². The van der Waals surface area contributed by atoms with Gasteiger partial charge >= 0.3 is 5.69 Å². The van der Waals surface area contributed by atoms with Crippen LogP contribution in [0.1, 0.15) is 66.4 Å². The van der Waals surface area contributed by atoms with Crippen molar-refractivity contribution < 1.29 is 9.59 Å². The van der Waals surface area contributed by atoms with Crippen molar-refractivity contribution in [3.05, 3.63) is 48.5 Å². The summed E-state index contributed by atoms with van der Waals surface area (Å²) in [6, 6.07) is 3.45. The molecule has 0 unspecified atom stereocenters. The third-order valence-electron chi connectivity index (χ3n) is 6.86. The Kier molecular flexibility index (Phi) is 5.24. The van der Waals surface area contributed by atoms with Gasteiger partial charge in [0.2, 0.25) is 0 Å². The number of H-pyrrole nitrogens is 2. The molecule has 1 aromatic carbocycles. The minimum atomic E-state index is -0.308. The van der Waals surface area contributed by atoms with Crippen LogP contribution in [-0.4, -0.2) is 49.4 Å². The van der Waals surface area contributed by atoms with Crippen molar-refractivity contribution >= 4 is 54.6 Å². The number of carbonyl (C=O) groups excluding carboxylic acids is 2. The van der Waals surface area contributed by atoms with Crippen LogP contribution in [0.3, 0.4) is 0 Å². The predicted octanol–water partition coefficient (Wildman–Crippen LogP) is 4.38. The highest BCUT2D eigenvalue weighted by Gasteiger charge is 2.45. The third-order valence-corrected chi connectivity index (χ3v) is 8.12. The number of likely N-dealkylation sites (tertiary alicyclic amines) is 1. The normalized spacial score (nSPS) is 18.2. The lowest BCUT2D eigenvalue weighted by Gasteiger charge is -2.43. The molecule has 10 heteroatoms. The van der Waals surface area contributed by atoms with E-state index in [0.29, 0.717) is 40.6 Å². The van der Waals surface area contributed by atoms with Crippen molar-refractivity contribution in [2.45, 2.75) is 52.0 Å². The summed E-state index contributed by atoms with van der Waals surface area (Å²) in [4.78, 5) is 45.4. The zero-order valence-electron chi connectivity index (χ0n) is 18.7. The minimum absolute atomic E-state index is 0.0703. The highest BCUT2D eigenvalue weighted by atomic mass is 79.9. The smallest absolute Gasteiger partial charge is 0.323 e. The number of ketones is 1. The molecule has 1 amide bonds. The molecule has 0 bridgehead atoms. The molecule has 0 radical (unpaired) electrons. The first-order chi connectivity index (χ1) is 15.5. The van der Waals surface area contributed by atoms with E-state index in [4.69, 9.17) is 0 Å². The fraction of sp³-hybridized carbons (Fsp3) is 0.478. The molecular weight excluding hydrogens is 554 g/mol. The molecule has 3 heterocycles. The molecule has 33 heavy (non-hydrogen) atoms. The van der Waals surface area contributed by atoms with Crippen LogP contribution in [0.4, 0.5) is 0 Å². The average molecular weight is 579 g/mol. The molecule has 2 N–H and O–H groups in total. The molecule has 1 aliphatic carbocycles. The maximum atomic E-state index is 13.2. The highest BCUT2D eigenvalue weighted by Crippen LogP contribution is 2.46. The molecule has 1 saturated heterocycles. The molecule has 0 saturated carbocycles. The minimum Gasteiger partial charge on any atom is -0.339 e. The predicted molar refractivity (Wildman–Crippen MR) is 132 cm³/mol. The van der Waals surface area contributed by atoms with Crippen LogP contribution >= 0.6 is 31.9 Å². The summed E-state index contributed by atoms with van der Waals surface area (Å²) in [5, 5.41) is 4.63. The van der Waals surface area contributed by atoms with Gasteiger partial charge in [-0.1, -0.05) is 0 Å². The molecular formula is C23H25Br2N5O3. The van der Waals surface area contributed by atoms with Crippen LogP contribution < -0.4 is 5.69 Å². The summed E-state index contributed by atoms with van der Waals surface area (Å²) in [5.41, 5.74) is 2.75. The highest BCUT2D eigenvalue weighted by molar-refractivity contribution is 9.10. The van der Waals surface area contributed by atoms with E-state index in [9.17, 15) is 14.4 Å². The first kappa shape index (κ1) is 22.6. The van der Waals surface area contributed by atoms with Crippen LogP contribution in [-0.2, 0) is 12.0 Å². The van der Waals surface area contributed by atoms with E-state index in [1.165, 1.54) is 0 Å². The monoisotopic (exact) mass is 577 g/mol. The number of fused-ring (bicyclic) bond motifs is 2. The van der Waals surface area contributed by atoms with Crippen molar-refractivity contribution in [3.8, 4) is 0 Å². The van der Waals surface area contributed by atoms with Gasteiger partial charge in [0.25, 0.3) is 5.91 Å². The van der Waals surface area contributed by atoms with Crippen LogP contribution in [0.5, 0.6) is 0 Å². The zero-order valence-corrected chi connectivity index (χ0v) is 21.9. The Balaban J connectivity index is 1.36. The number of nitrogens with one attached hydrogen (secondary N) is 2. The Morgan fingerprint density at radius 3 is 2.45 bits per heavy atom. The lowest BCUT2D eigenvalue weighted by Crippen LogP contribution is -2.46. The molecule has 1 fully saturated rings. The largest absolute Gasteiger partial charge is 0.339 e. The lowest BCUT2D eigenvalue weighted by atomic mass is 9.67. The molecule has 3 aromatic rings. The molecule has 5 rings (SSSR count). The van der Waals surface area contributed by atoms with Gasteiger partial charge in [0, 0.05) is 35.1 Å². The Morgan fingerprint density at radius 1 is 1.09 bits per heavy atom. The second-order valence-corrected chi connectivity index (χ2v) is 11.8. The molecule has 1 aliphatic heterocycles. The van der Waals surface area contributed by atoms with Crippen molar-refractivity contribution in [3.63, 3.8) is 0 Å². The van der Waals surface area contributed by atoms with Crippen molar-refractivity contribution in [2.75, 3.05) is 13.1 Å². The van der Waals surface area contributed by atoms with Gasteiger partial charge in [-0.3, -0.25) is 14.3 Å². The van der Waals surface area contributed by atoms with E-state index >= 15 is 0 Å². The quantitative estimate of drug-likeness (QED) is 0.447. The number of benzene rings is 1. The van der Waals surface area contributed by atoms with Crippen molar-refractivity contribution in [1.29, 1.82) is 0 Å². The van der Waals surface area contributed by atoms with Crippen LogP contribution in [0, 0.1) is 5.41 Å². The third kappa shape index (κ3) is 3.80. The molecule has 2 aromatic heterocycles. The number of nitrogens with zero attached hydrogens (tertiary/aromatic N) is 3. The SMILES string of the molecule is CC(C)(C)n1nc(Br)c2c1C(=O)CC1(CCN(C(=O)c3cc(Br)c4[nH]c(=O)[nH]c4c3)CC1)C2. The fourth-order valence-electron chi connectivity index (χ4n) is 5.16. The van der Waals surface area contributed by atoms with Gasteiger partial charge < -0.3 is 14.9 Å². The van der Waals surface area contributed by atoms with E-state index in [2.05, 4.69) is 46.9 Å². The summed E-state index contributed by atoms with van der Waals surface area (Å²) >= 11 is 7.03. The van der Waals surface area contributed by atoms with Crippen LogP contribution in [0.2, 0.25) is 0 Å². The second-order valence-electron chi connectivity index (χ2n) is 10.2. The number of imidazole rings is 1. The Hall–Kier alpha value is -2.20. The van der Waals surface area contributed by atoms with E-state index in [-0.39, 0.29) is 28.3 Å². The second kappa shape index (κ2) is 7.66. The maximum absolute atomic E-state index is 13.2. The number of rotatable bonds is 1. The van der Waals surface area contributed by atoms with Crippen LogP contribution in [0.25, 0.3) is 11.0 Å². The van der Waals surface area contributed by atoms with E-state index < -0.39 is 0 Å². The first-order valence-electron chi connectivity index (χ1n) is 11.0. The number of aromatic amines is 2. The van der Waals surface area contributed by atoms with Gasteiger partial charge in [0.1, 0.15) is 10.3 Å². The summed E-state index contributed by atoms with van der Waals surface area (Å²) in [7, 11) is 0. The lowest BCUT2D eigenvalue weighted by molar-refractivity contribution is 0.0515. The average Bonchev–Trinajstić information content (AvgIpc) is 3.28. The number of carbonyl (C=O) groups is 2. The summed E-state index contributed by atoms with van der Waals surface area (Å²) < 4.78 is 3.26. The first-order valence-corrected chi connectivity index (χ1v) is 12.6. The molecule has 8 nitrogen and oxygen atoms in total. The summed E-state index contributed by atoms with van der Waals surface area (Å²) in [6.07, 6.45) is 2.80. The van der Waals surface area contributed by atoms with E-state index in [1.54, 1.807) is 12.1 Å². The van der Waals surface area contributed by atoms with Crippen LogP contribution in [0.15, 0.2) is 26.0 Å². The van der Waals surface area contributed by atoms with Gasteiger partial charge in [-0.2, -0.15) is 5.10 Å². The number of amides is 1. The topological polar surface area (TPSA) is 104 Å².